The van der Waals surface area contributed by atoms with E-state index in [1.807, 2.05) is 30.3 Å². The quantitative estimate of drug-likeness (QED) is 0.637. The molecule has 1 fully saturated rings. The Bertz CT molecular complexity index is 651. The number of rotatable bonds is 6. The summed E-state index contributed by atoms with van der Waals surface area (Å²) in [6, 6.07) is 19.0. The van der Waals surface area contributed by atoms with Gasteiger partial charge in [0.05, 0.1) is 0 Å². The van der Waals surface area contributed by atoms with Crippen LogP contribution < -0.4 is 15.4 Å². The van der Waals surface area contributed by atoms with Crippen molar-refractivity contribution in [3.05, 3.63) is 65.7 Å². The minimum atomic E-state index is 0.586. The third-order valence-electron chi connectivity index (χ3n) is 3.75. The number of nitrogens with zero attached hydrogens (tertiary/aromatic N) is 1. The molecule has 0 aliphatic heterocycles. The van der Waals surface area contributed by atoms with Crippen molar-refractivity contribution in [2.45, 2.75) is 32.0 Å². The smallest absolute Gasteiger partial charge is 0.191 e. The molecule has 0 saturated heterocycles. The zero-order chi connectivity index (χ0) is 15.9. The van der Waals surface area contributed by atoms with Crippen molar-refractivity contribution in [1.29, 1.82) is 0 Å². The predicted molar refractivity (Wildman–Crippen MR) is 93.6 cm³/mol. The average Bonchev–Trinajstić information content (AvgIpc) is 3.42. The fourth-order valence-corrected chi connectivity index (χ4v) is 2.29. The normalized spacial score (nSPS) is 14.4. The fraction of sp³-hybridized carbons (Fsp3) is 0.316. The van der Waals surface area contributed by atoms with E-state index in [0.717, 1.165) is 18.3 Å². The molecule has 0 aromatic heterocycles. The van der Waals surface area contributed by atoms with Gasteiger partial charge in [0, 0.05) is 19.6 Å². The highest BCUT2D eigenvalue weighted by molar-refractivity contribution is 5.80. The van der Waals surface area contributed by atoms with Crippen molar-refractivity contribution in [1.82, 2.24) is 10.6 Å². The zero-order valence-corrected chi connectivity index (χ0v) is 13.5. The van der Waals surface area contributed by atoms with Gasteiger partial charge < -0.3 is 15.4 Å². The van der Waals surface area contributed by atoms with Gasteiger partial charge in [-0.25, -0.2) is 0 Å². The molecule has 0 radical (unpaired) electrons. The number of hydrogen-bond donors (Lipinski definition) is 2. The van der Waals surface area contributed by atoms with Gasteiger partial charge in [-0.1, -0.05) is 42.5 Å². The first-order valence-electron chi connectivity index (χ1n) is 8.06. The molecule has 1 aliphatic rings. The monoisotopic (exact) mass is 309 g/mol. The van der Waals surface area contributed by atoms with Gasteiger partial charge in [-0.15, -0.1) is 0 Å². The van der Waals surface area contributed by atoms with Crippen LogP contribution in [0.2, 0.25) is 0 Å². The number of guanidine groups is 1. The van der Waals surface area contributed by atoms with Crippen LogP contribution in [-0.2, 0) is 13.2 Å². The summed E-state index contributed by atoms with van der Waals surface area (Å²) in [5.74, 6) is 1.75. The largest absolute Gasteiger partial charge is 0.489 e. The Balaban J connectivity index is 1.52. The molecule has 4 heteroatoms. The Morgan fingerprint density at radius 3 is 2.61 bits per heavy atom. The van der Waals surface area contributed by atoms with Crippen LogP contribution in [0, 0.1) is 0 Å². The first-order valence-corrected chi connectivity index (χ1v) is 8.06. The third kappa shape index (κ3) is 5.02. The van der Waals surface area contributed by atoms with Gasteiger partial charge in [-0.2, -0.15) is 0 Å². The molecule has 0 bridgehead atoms. The maximum Gasteiger partial charge on any atom is 0.191 e. The van der Waals surface area contributed by atoms with Crippen LogP contribution in [0.3, 0.4) is 0 Å². The van der Waals surface area contributed by atoms with Crippen molar-refractivity contribution in [2.24, 2.45) is 4.99 Å². The second-order valence-electron chi connectivity index (χ2n) is 5.77. The SMILES string of the molecule is CN=C(NCc1cccc(OCc2ccccc2)c1)NC1CC1. The standard InChI is InChI=1S/C19H23N3O/c1-20-19(22-17-10-11-17)21-13-16-8-5-9-18(12-16)23-14-15-6-3-2-4-7-15/h2-9,12,17H,10-11,13-14H2,1H3,(H2,20,21,22). The lowest BCUT2D eigenvalue weighted by molar-refractivity contribution is 0.306. The first-order chi connectivity index (χ1) is 11.3. The highest BCUT2D eigenvalue weighted by atomic mass is 16.5. The van der Waals surface area contributed by atoms with Gasteiger partial charge in [0.25, 0.3) is 0 Å². The van der Waals surface area contributed by atoms with E-state index in [0.29, 0.717) is 12.6 Å². The van der Waals surface area contributed by atoms with Crippen LogP contribution in [0.1, 0.15) is 24.0 Å². The van der Waals surface area contributed by atoms with Crippen molar-refractivity contribution in [2.75, 3.05) is 7.05 Å². The molecule has 0 atom stereocenters. The van der Waals surface area contributed by atoms with E-state index < -0.39 is 0 Å². The zero-order valence-electron chi connectivity index (χ0n) is 13.5. The molecule has 2 N–H and O–H groups in total. The molecule has 0 unspecified atom stereocenters. The summed E-state index contributed by atoms with van der Waals surface area (Å²) in [6.45, 7) is 1.32. The van der Waals surface area contributed by atoms with Crippen LogP contribution >= 0.6 is 0 Å². The van der Waals surface area contributed by atoms with Gasteiger partial charge in [0.2, 0.25) is 0 Å². The van der Waals surface area contributed by atoms with Gasteiger partial charge in [-0.3, -0.25) is 4.99 Å². The Kier molecular flexibility index (Phi) is 5.14. The molecule has 3 rings (SSSR count). The van der Waals surface area contributed by atoms with Crippen LogP contribution in [-0.4, -0.2) is 19.0 Å². The van der Waals surface area contributed by atoms with E-state index in [9.17, 15) is 0 Å². The van der Waals surface area contributed by atoms with E-state index in [2.05, 4.69) is 39.9 Å². The van der Waals surface area contributed by atoms with E-state index in [4.69, 9.17) is 4.74 Å². The summed E-state index contributed by atoms with van der Waals surface area (Å²) in [7, 11) is 1.80. The summed E-state index contributed by atoms with van der Waals surface area (Å²) >= 11 is 0. The van der Waals surface area contributed by atoms with Crippen LogP contribution in [0.15, 0.2) is 59.6 Å². The van der Waals surface area contributed by atoms with Gasteiger partial charge >= 0.3 is 0 Å². The Morgan fingerprint density at radius 2 is 1.87 bits per heavy atom. The molecular formula is C19H23N3O. The van der Waals surface area contributed by atoms with Gasteiger partial charge in [0.1, 0.15) is 12.4 Å². The summed E-state index contributed by atoms with van der Waals surface area (Å²) < 4.78 is 5.87. The molecule has 0 heterocycles. The lowest BCUT2D eigenvalue weighted by atomic mass is 10.2. The average molecular weight is 309 g/mol. The summed E-state index contributed by atoms with van der Waals surface area (Å²) in [5, 5.41) is 6.72. The van der Waals surface area contributed by atoms with Crippen LogP contribution in [0.5, 0.6) is 5.75 Å². The van der Waals surface area contributed by atoms with Gasteiger partial charge in [-0.05, 0) is 36.1 Å². The number of hydrogen-bond acceptors (Lipinski definition) is 2. The molecule has 4 nitrogen and oxygen atoms in total. The predicted octanol–water partition coefficient (Wildman–Crippen LogP) is 3.09. The lowest BCUT2D eigenvalue weighted by Crippen LogP contribution is -2.38. The second-order valence-corrected chi connectivity index (χ2v) is 5.77. The second kappa shape index (κ2) is 7.68. The van der Waals surface area contributed by atoms with Crippen LogP contribution in [0.25, 0.3) is 0 Å². The molecule has 120 valence electrons. The summed E-state index contributed by atoms with van der Waals surface area (Å²) in [5.41, 5.74) is 2.35. The maximum atomic E-state index is 5.87. The van der Waals surface area contributed by atoms with Crippen LogP contribution in [0.4, 0.5) is 0 Å². The number of benzene rings is 2. The summed E-state index contributed by atoms with van der Waals surface area (Å²) in [6.07, 6.45) is 2.48. The lowest BCUT2D eigenvalue weighted by Gasteiger charge is -2.12. The Morgan fingerprint density at radius 1 is 1.09 bits per heavy atom. The number of nitrogens with one attached hydrogen (secondary N) is 2. The van der Waals surface area contributed by atoms with Crippen molar-refractivity contribution in [3.63, 3.8) is 0 Å². The van der Waals surface area contributed by atoms with E-state index in [-0.39, 0.29) is 0 Å². The van der Waals surface area contributed by atoms with E-state index in [1.165, 1.54) is 24.0 Å². The topological polar surface area (TPSA) is 45.7 Å². The molecule has 1 saturated carbocycles. The molecule has 2 aromatic rings. The highest BCUT2D eigenvalue weighted by Crippen LogP contribution is 2.18. The van der Waals surface area contributed by atoms with Gasteiger partial charge in [0.15, 0.2) is 5.96 Å². The van der Waals surface area contributed by atoms with E-state index in [1.54, 1.807) is 7.05 Å². The molecule has 1 aliphatic carbocycles. The minimum absolute atomic E-state index is 0.586. The number of ether oxygens (including phenoxy) is 1. The molecule has 2 aromatic carbocycles. The highest BCUT2D eigenvalue weighted by Gasteiger charge is 2.21. The Hall–Kier alpha value is -2.49. The molecule has 0 amide bonds. The molecule has 0 spiro atoms. The number of aliphatic imine (C=N–C) groups is 1. The minimum Gasteiger partial charge on any atom is -0.489 e. The van der Waals surface area contributed by atoms with E-state index >= 15 is 0 Å². The summed E-state index contributed by atoms with van der Waals surface area (Å²) in [4.78, 5) is 4.24. The first kappa shape index (κ1) is 15.4. The maximum absolute atomic E-state index is 5.87. The Labute approximate surface area is 137 Å². The van der Waals surface area contributed by atoms with Crippen molar-refractivity contribution < 1.29 is 4.74 Å². The molecular weight excluding hydrogens is 286 g/mol. The van der Waals surface area contributed by atoms with Crippen molar-refractivity contribution >= 4 is 5.96 Å². The van der Waals surface area contributed by atoms with Crippen molar-refractivity contribution in [3.8, 4) is 5.75 Å². The fourth-order valence-electron chi connectivity index (χ4n) is 2.29. The third-order valence-corrected chi connectivity index (χ3v) is 3.75. The molecule has 23 heavy (non-hydrogen) atoms.